The summed E-state index contributed by atoms with van der Waals surface area (Å²) in [6.07, 6.45) is 8.07. The summed E-state index contributed by atoms with van der Waals surface area (Å²) < 4.78 is 0. The fraction of sp³-hybridized carbons (Fsp3) is 0.364. The molecule has 3 heterocycles. The molecule has 5 heteroatoms. The minimum atomic E-state index is 0.370. The maximum Gasteiger partial charge on any atom is 0.0654 e. The minimum Gasteiger partial charge on any atom is -0.378 e. The maximum absolute atomic E-state index is 4.33. The molecule has 1 aliphatic heterocycles. The molecule has 7 rings (SSSR count). The van der Waals surface area contributed by atoms with Crippen LogP contribution in [0.3, 0.4) is 0 Å². The van der Waals surface area contributed by atoms with Crippen LogP contribution in [0.5, 0.6) is 0 Å². The van der Waals surface area contributed by atoms with Crippen molar-refractivity contribution in [2.45, 2.75) is 31.2 Å². The Morgan fingerprint density at radius 2 is 1.78 bits per heavy atom. The van der Waals surface area contributed by atoms with E-state index in [1.165, 1.54) is 46.8 Å². The number of aromatic amines is 2. The topological polar surface area (TPSA) is 69.4 Å². The van der Waals surface area contributed by atoms with Crippen LogP contribution >= 0.6 is 0 Å². The number of nitrogens with zero attached hydrogens (tertiary/aromatic N) is 2. The van der Waals surface area contributed by atoms with E-state index in [4.69, 9.17) is 0 Å². The molecule has 27 heavy (non-hydrogen) atoms. The summed E-state index contributed by atoms with van der Waals surface area (Å²) >= 11 is 0. The summed E-state index contributed by atoms with van der Waals surface area (Å²) in [5, 5.41) is 21.3. The molecular weight excluding hydrogens is 334 g/mol. The van der Waals surface area contributed by atoms with Crippen molar-refractivity contribution >= 4 is 27.5 Å². The molecule has 0 saturated heterocycles. The van der Waals surface area contributed by atoms with Crippen molar-refractivity contribution in [1.29, 1.82) is 0 Å². The Balaban J connectivity index is 1.44. The van der Waals surface area contributed by atoms with Crippen molar-refractivity contribution in [3.05, 3.63) is 53.9 Å². The van der Waals surface area contributed by atoms with Gasteiger partial charge < -0.3 is 5.32 Å². The number of aromatic nitrogens is 4. The molecular formula is C22H21N5. The van der Waals surface area contributed by atoms with Gasteiger partial charge in [0.1, 0.15) is 0 Å². The van der Waals surface area contributed by atoms with E-state index in [0.717, 1.165) is 22.9 Å². The van der Waals surface area contributed by atoms with Gasteiger partial charge in [-0.05, 0) is 72.3 Å². The molecule has 5 unspecified atom stereocenters. The molecule has 3 N–H and O–H groups in total. The van der Waals surface area contributed by atoms with E-state index in [1.807, 2.05) is 12.4 Å². The average molecular weight is 355 g/mol. The second kappa shape index (κ2) is 4.91. The molecule has 2 aromatic carbocycles. The lowest BCUT2D eigenvalue weighted by Gasteiger charge is -2.43. The largest absolute Gasteiger partial charge is 0.378 e. The Hall–Kier alpha value is -2.82. The molecule has 134 valence electrons. The lowest BCUT2D eigenvalue weighted by atomic mass is 9.67. The molecule has 0 amide bonds. The SMILES string of the molecule is c1cc2cn[nH]c2cc1C1Nc2ccc3[nH]ncc3c2C2C3CCC(C3)C12. The van der Waals surface area contributed by atoms with Crippen LogP contribution in [0.1, 0.15) is 42.3 Å². The Bertz CT molecular complexity index is 1190. The van der Waals surface area contributed by atoms with Crippen LogP contribution < -0.4 is 5.32 Å². The summed E-state index contributed by atoms with van der Waals surface area (Å²) in [5.41, 5.74) is 6.48. The van der Waals surface area contributed by atoms with Crippen molar-refractivity contribution in [3.8, 4) is 0 Å². The molecule has 0 radical (unpaired) electrons. The Morgan fingerprint density at radius 3 is 2.78 bits per heavy atom. The third kappa shape index (κ3) is 1.79. The average Bonchev–Trinajstić information content (AvgIpc) is 3.49. The van der Waals surface area contributed by atoms with Gasteiger partial charge in [-0.3, -0.25) is 10.2 Å². The lowest BCUT2D eigenvalue weighted by molar-refractivity contribution is 0.249. The van der Waals surface area contributed by atoms with Crippen LogP contribution in [0.25, 0.3) is 21.8 Å². The van der Waals surface area contributed by atoms with Gasteiger partial charge in [-0.25, -0.2) is 0 Å². The smallest absolute Gasteiger partial charge is 0.0654 e. The van der Waals surface area contributed by atoms with Gasteiger partial charge in [0.2, 0.25) is 0 Å². The first kappa shape index (κ1) is 14.3. The first-order chi connectivity index (χ1) is 13.4. The first-order valence-electron chi connectivity index (χ1n) is 10.0. The van der Waals surface area contributed by atoms with Gasteiger partial charge in [-0.2, -0.15) is 10.2 Å². The Labute approximate surface area is 156 Å². The zero-order valence-corrected chi connectivity index (χ0v) is 14.9. The van der Waals surface area contributed by atoms with E-state index in [1.54, 1.807) is 0 Å². The summed E-state index contributed by atoms with van der Waals surface area (Å²) in [5.74, 6) is 2.95. The van der Waals surface area contributed by atoms with Crippen molar-refractivity contribution in [3.63, 3.8) is 0 Å². The van der Waals surface area contributed by atoms with E-state index >= 15 is 0 Å². The van der Waals surface area contributed by atoms with Gasteiger partial charge in [0.15, 0.2) is 0 Å². The minimum absolute atomic E-state index is 0.370. The number of rotatable bonds is 1. The van der Waals surface area contributed by atoms with Crippen LogP contribution in [0, 0.1) is 17.8 Å². The number of hydrogen-bond acceptors (Lipinski definition) is 3. The molecule has 2 aromatic heterocycles. The molecule has 2 fully saturated rings. The van der Waals surface area contributed by atoms with Crippen molar-refractivity contribution in [2.75, 3.05) is 5.32 Å². The molecule has 2 bridgehead atoms. The normalized spacial score (nSPS) is 31.2. The van der Waals surface area contributed by atoms with Crippen LogP contribution in [0.2, 0.25) is 0 Å². The fourth-order valence-corrected chi connectivity index (χ4v) is 6.49. The number of fused-ring (bicyclic) bond motifs is 10. The molecule has 5 atom stereocenters. The van der Waals surface area contributed by atoms with Crippen LogP contribution in [-0.4, -0.2) is 20.4 Å². The fourth-order valence-electron chi connectivity index (χ4n) is 6.49. The second-order valence-electron chi connectivity index (χ2n) is 8.63. The quantitative estimate of drug-likeness (QED) is 0.462. The van der Waals surface area contributed by atoms with Crippen molar-refractivity contribution in [2.24, 2.45) is 17.8 Å². The monoisotopic (exact) mass is 355 g/mol. The van der Waals surface area contributed by atoms with Crippen LogP contribution in [0.15, 0.2) is 42.7 Å². The van der Waals surface area contributed by atoms with Crippen LogP contribution in [0.4, 0.5) is 5.69 Å². The molecule has 2 saturated carbocycles. The predicted molar refractivity (Wildman–Crippen MR) is 106 cm³/mol. The van der Waals surface area contributed by atoms with Gasteiger partial charge in [0.05, 0.1) is 29.5 Å². The van der Waals surface area contributed by atoms with Gasteiger partial charge in [-0.1, -0.05) is 12.1 Å². The van der Waals surface area contributed by atoms with E-state index in [9.17, 15) is 0 Å². The molecule has 3 aliphatic rings. The van der Waals surface area contributed by atoms with Gasteiger partial charge in [-0.15, -0.1) is 0 Å². The second-order valence-corrected chi connectivity index (χ2v) is 8.63. The highest BCUT2D eigenvalue weighted by Gasteiger charge is 2.54. The summed E-state index contributed by atoms with van der Waals surface area (Å²) in [7, 11) is 0. The van der Waals surface area contributed by atoms with Gasteiger partial charge in [0, 0.05) is 16.5 Å². The summed E-state index contributed by atoms with van der Waals surface area (Å²) in [6.45, 7) is 0. The molecule has 4 aromatic rings. The summed E-state index contributed by atoms with van der Waals surface area (Å²) in [6, 6.07) is 11.6. The van der Waals surface area contributed by atoms with E-state index < -0.39 is 0 Å². The number of H-pyrrole nitrogens is 2. The third-order valence-electron chi connectivity index (χ3n) is 7.50. The number of nitrogens with one attached hydrogen (secondary N) is 3. The predicted octanol–water partition coefficient (Wildman–Crippen LogP) is 4.74. The van der Waals surface area contributed by atoms with E-state index in [2.05, 4.69) is 56.0 Å². The molecule has 2 aliphatic carbocycles. The standard InChI is InChI=1S/C22H21N5/c1-2-12-7-11(1)19-20(12)22(13-3-4-14-9-23-27-18(14)8-13)25-17-6-5-16-15(21(17)19)10-24-26-16/h3-6,8-12,19-20,22,25H,1-2,7H2,(H,23,27)(H,24,26). The lowest BCUT2D eigenvalue weighted by Crippen LogP contribution is -2.35. The zero-order valence-electron chi connectivity index (χ0n) is 14.9. The maximum atomic E-state index is 4.33. The molecule has 0 spiro atoms. The van der Waals surface area contributed by atoms with Gasteiger partial charge >= 0.3 is 0 Å². The number of benzene rings is 2. The summed E-state index contributed by atoms with van der Waals surface area (Å²) in [4.78, 5) is 0. The van der Waals surface area contributed by atoms with Crippen molar-refractivity contribution < 1.29 is 0 Å². The Kier molecular flexibility index (Phi) is 2.60. The van der Waals surface area contributed by atoms with E-state index in [0.29, 0.717) is 17.9 Å². The highest BCUT2D eigenvalue weighted by molar-refractivity contribution is 5.89. The highest BCUT2D eigenvalue weighted by atomic mass is 15.1. The molecule has 5 nitrogen and oxygen atoms in total. The van der Waals surface area contributed by atoms with Gasteiger partial charge in [0.25, 0.3) is 0 Å². The number of hydrogen-bond donors (Lipinski definition) is 3. The highest BCUT2D eigenvalue weighted by Crippen LogP contribution is 2.64. The number of anilines is 1. The third-order valence-corrected chi connectivity index (χ3v) is 7.50. The van der Waals surface area contributed by atoms with Crippen LogP contribution in [-0.2, 0) is 0 Å². The first-order valence-corrected chi connectivity index (χ1v) is 10.0. The Morgan fingerprint density at radius 1 is 0.889 bits per heavy atom. The zero-order chi connectivity index (χ0) is 17.5. The van der Waals surface area contributed by atoms with Crippen molar-refractivity contribution in [1.82, 2.24) is 20.4 Å². The van der Waals surface area contributed by atoms with E-state index in [-0.39, 0.29) is 0 Å².